The van der Waals surface area contributed by atoms with Crippen molar-refractivity contribution in [2.45, 2.75) is 26.9 Å². The van der Waals surface area contributed by atoms with Gasteiger partial charge in [-0.1, -0.05) is 46.6 Å². The highest BCUT2D eigenvalue weighted by Crippen LogP contribution is 2.29. The number of hydrogen-bond donors (Lipinski definition) is 1. The minimum Gasteiger partial charge on any atom is -0.490 e. The highest BCUT2D eigenvalue weighted by molar-refractivity contribution is 9.10. The van der Waals surface area contributed by atoms with Crippen molar-refractivity contribution in [2.24, 2.45) is 5.10 Å². The van der Waals surface area contributed by atoms with E-state index in [-0.39, 0.29) is 5.91 Å². The molecule has 178 valence electrons. The zero-order valence-electron chi connectivity index (χ0n) is 19.0. The number of hydrazone groups is 1. The van der Waals surface area contributed by atoms with Crippen molar-refractivity contribution >= 4 is 39.7 Å². The third-order valence-electron chi connectivity index (χ3n) is 4.62. The van der Waals surface area contributed by atoms with Gasteiger partial charge in [-0.25, -0.2) is 5.43 Å². The standard InChI is InChI=1S/C26H26BrClN2O4/c1-3-13-33-24-11-7-19(15-25(24)32-4-2)26(31)30-29-16-20-14-22(28)10-12-23(20)34-17-18-5-8-21(27)9-6-18/h5-12,14-16H,3-4,13,17H2,1-2H3,(H,30,31)/b29-16+. The Balaban J connectivity index is 1.68. The Morgan fingerprint density at radius 3 is 2.47 bits per heavy atom. The molecular weight excluding hydrogens is 520 g/mol. The Bertz CT molecular complexity index is 1140. The van der Waals surface area contributed by atoms with E-state index in [0.29, 0.717) is 53.2 Å². The first-order chi connectivity index (χ1) is 16.5. The molecule has 0 bridgehead atoms. The summed E-state index contributed by atoms with van der Waals surface area (Å²) in [5.74, 6) is 1.35. The van der Waals surface area contributed by atoms with Crippen LogP contribution in [-0.4, -0.2) is 25.3 Å². The zero-order chi connectivity index (χ0) is 24.3. The van der Waals surface area contributed by atoms with Gasteiger partial charge in [0.1, 0.15) is 12.4 Å². The molecule has 6 nitrogen and oxygen atoms in total. The quantitative estimate of drug-likeness (QED) is 0.217. The predicted molar refractivity (Wildman–Crippen MR) is 138 cm³/mol. The van der Waals surface area contributed by atoms with Gasteiger partial charge in [0.2, 0.25) is 0 Å². The van der Waals surface area contributed by atoms with Crippen molar-refractivity contribution in [2.75, 3.05) is 13.2 Å². The van der Waals surface area contributed by atoms with Crippen molar-refractivity contribution in [1.29, 1.82) is 0 Å². The number of carbonyl (C=O) groups excluding carboxylic acids is 1. The fourth-order valence-electron chi connectivity index (χ4n) is 2.97. The van der Waals surface area contributed by atoms with E-state index in [9.17, 15) is 4.79 Å². The number of benzene rings is 3. The molecule has 0 saturated carbocycles. The maximum absolute atomic E-state index is 12.6. The van der Waals surface area contributed by atoms with Gasteiger partial charge in [-0.2, -0.15) is 5.10 Å². The van der Waals surface area contributed by atoms with Gasteiger partial charge in [0, 0.05) is 20.6 Å². The molecule has 0 aliphatic carbocycles. The molecule has 0 saturated heterocycles. The molecule has 0 aromatic heterocycles. The van der Waals surface area contributed by atoms with Crippen LogP contribution in [0, 0.1) is 0 Å². The van der Waals surface area contributed by atoms with Crippen LogP contribution in [0.3, 0.4) is 0 Å². The SMILES string of the molecule is CCCOc1ccc(C(=O)N/N=C/c2cc(Cl)ccc2OCc2ccc(Br)cc2)cc1OCC. The summed E-state index contributed by atoms with van der Waals surface area (Å²) in [6.45, 7) is 5.32. The van der Waals surface area contributed by atoms with Gasteiger partial charge in [-0.15, -0.1) is 0 Å². The Kier molecular flexibility index (Phi) is 9.79. The third kappa shape index (κ3) is 7.50. The van der Waals surface area contributed by atoms with E-state index in [2.05, 4.69) is 26.5 Å². The zero-order valence-corrected chi connectivity index (χ0v) is 21.4. The summed E-state index contributed by atoms with van der Waals surface area (Å²) in [4.78, 5) is 12.6. The second-order valence-electron chi connectivity index (χ2n) is 7.24. The molecular formula is C26H26BrClN2O4. The first kappa shape index (κ1) is 25.6. The monoisotopic (exact) mass is 544 g/mol. The summed E-state index contributed by atoms with van der Waals surface area (Å²) in [6.07, 6.45) is 2.38. The molecule has 1 amide bonds. The number of carbonyl (C=O) groups is 1. The van der Waals surface area contributed by atoms with E-state index < -0.39 is 0 Å². The molecule has 0 aliphatic rings. The molecule has 8 heteroatoms. The molecule has 3 aromatic carbocycles. The van der Waals surface area contributed by atoms with Crippen LogP contribution >= 0.6 is 27.5 Å². The lowest BCUT2D eigenvalue weighted by atomic mass is 10.2. The lowest BCUT2D eigenvalue weighted by Crippen LogP contribution is -2.18. The molecule has 0 unspecified atom stereocenters. The summed E-state index contributed by atoms with van der Waals surface area (Å²) in [7, 11) is 0. The number of nitrogens with one attached hydrogen (secondary N) is 1. The van der Waals surface area contributed by atoms with Crippen molar-refractivity contribution in [1.82, 2.24) is 5.43 Å². The lowest BCUT2D eigenvalue weighted by molar-refractivity contribution is 0.0954. The fraction of sp³-hybridized carbons (Fsp3) is 0.231. The van der Waals surface area contributed by atoms with E-state index in [1.165, 1.54) is 6.21 Å². The largest absolute Gasteiger partial charge is 0.490 e. The number of hydrogen-bond acceptors (Lipinski definition) is 5. The van der Waals surface area contributed by atoms with E-state index >= 15 is 0 Å². The third-order valence-corrected chi connectivity index (χ3v) is 5.38. The molecule has 3 aromatic rings. The minimum absolute atomic E-state index is 0.376. The molecule has 0 aliphatic heterocycles. The van der Waals surface area contributed by atoms with Gasteiger partial charge < -0.3 is 14.2 Å². The normalized spacial score (nSPS) is 10.8. The molecule has 0 heterocycles. The second kappa shape index (κ2) is 13.0. The Hall–Kier alpha value is -3.03. The van der Waals surface area contributed by atoms with E-state index in [1.807, 2.05) is 38.1 Å². The summed E-state index contributed by atoms with van der Waals surface area (Å²) >= 11 is 9.57. The Morgan fingerprint density at radius 2 is 1.74 bits per heavy atom. The summed E-state index contributed by atoms with van der Waals surface area (Å²) in [6, 6.07) is 18.1. The van der Waals surface area contributed by atoms with Crippen LogP contribution in [0.4, 0.5) is 0 Å². The highest BCUT2D eigenvalue weighted by Gasteiger charge is 2.11. The first-order valence-electron chi connectivity index (χ1n) is 10.9. The Morgan fingerprint density at radius 1 is 0.971 bits per heavy atom. The molecule has 0 atom stereocenters. The highest BCUT2D eigenvalue weighted by atomic mass is 79.9. The predicted octanol–water partition coefficient (Wildman–Crippen LogP) is 6.63. The van der Waals surface area contributed by atoms with Crippen LogP contribution in [0.25, 0.3) is 0 Å². The smallest absolute Gasteiger partial charge is 0.271 e. The van der Waals surface area contributed by atoms with E-state index in [0.717, 1.165) is 16.5 Å². The van der Waals surface area contributed by atoms with Crippen LogP contribution in [0.5, 0.6) is 17.2 Å². The van der Waals surface area contributed by atoms with Crippen molar-refractivity contribution in [3.8, 4) is 17.2 Å². The summed E-state index contributed by atoms with van der Waals surface area (Å²) in [5, 5.41) is 4.63. The van der Waals surface area contributed by atoms with Crippen LogP contribution in [0.1, 0.15) is 41.8 Å². The van der Waals surface area contributed by atoms with Crippen molar-refractivity contribution in [3.63, 3.8) is 0 Å². The van der Waals surface area contributed by atoms with Crippen LogP contribution in [0.2, 0.25) is 5.02 Å². The van der Waals surface area contributed by atoms with Crippen LogP contribution in [-0.2, 0) is 6.61 Å². The number of ether oxygens (including phenoxy) is 3. The first-order valence-corrected chi connectivity index (χ1v) is 12.1. The number of rotatable bonds is 11. The molecule has 0 spiro atoms. The molecule has 0 radical (unpaired) electrons. The average Bonchev–Trinajstić information content (AvgIpc) is 2.84. The van der Waals surface area contributed by atoms with E-state index in [4.69, 9.17) is 25.8 Å². The minimum atomic E-state index is -0.376. The number of nitrogens with zero attached hydrogens (tertiary/aromatic N) is 1. The summed E-state index contributed by atoms with van der Waals surface area (Å²) < 4.78 is 18.2. The van der Waals surface area contributed by atoms with E-state index in [1.54, 1.807) is 36.4 Å². The van der Waals surface area contributed by atoms with Gasteiger partial charge in [0.25, 0.3) is 5.91 Å². The van der Waals surface area contributed by atoms with Crippen molar-refractivity contribution in [3.05, 3.63) is 86.8 Å². The molecule has 0 fully saturated rings. The number of halogens is 2. The van der Waals surface area contributed by atoms with Crippen LogP contribution in [0.15, 0.2) is 70.2 Å². The maximum atomic E-state index is 12.6. The van der Waals surface area contributed by atoms with Gasteiger partial charge in [0.05, 0.1) is 19.4 Å². The average molecular weight is 546 g/mol. The maximum Gasteiger partial charge on any atom is 0.271 e. The Labute approximate surface area is 213 Å². The van der Waals surface area contributed by atoms with Crippen molar-refractivity contribution < 1.29 is 19.0 Å². The van der Waals surface area contributed by atoms with Gasteiger partial charge >= 0.3 is 0 Å². The molecule has 1 N–H and O–H groups in total. The molecule has 34 heavy (non-hydrogen) atoms. The van der Waals surface area contributed by atoms with Gasteiger partial charge in [-0.05, 0) is 67.4 Å². The van der Waals surface area contributed by atoms with Gasteiger partial charge in [-0.3, -0.25) is 4.79 Å². The summed E-state index contributed by atoms with van der Waals surface area (Å²) in [5.41, 5.74) is 4.60. The second-order valence-corrected chi connectivity index (χ2v) is 8.59. The van der Waals surface area contributed by atoms with Gasteiger partial charge in [0.15, 0.2) is 11.5 Å². The fourth-order valence-corrected chi connectivity index (χ4v) is 3.41. The number of amides is 1. The lowest BCUT2D eigenvalue weighted by Gasteiger charge is -2.12. The van der Waals surface area contributed by atoms with Crippen LogP contribution < -0.4 is 19.6 Å². The molecule has 3 rings (SSSR count). The topological polar surface area (TPSA) is 69.2 Å².